The molecule has 2 fully saturated rings. The van der Waals surface area contributed by atoms with Gasteiger partial charge in [-0.25, -0.2) is 18.0 Å². The van der Waals surface area contributed by atoms with Crippen LogP contribution < -0.4 is 15.4 Å². The van der Waals surface area contributed by atoms with E-state index in [0.717, 1.165) is 5.56 Å². The van der Waals surface area contributed by atoms with Crippen LogP contribution in [0.1, 0.15) is 38.7 Å². The number of methoxy groups -OCH3 is 1. The number of hydrogen-bond donors (Lipinski definition) is 3. The number of rotatable bonds is 16. The molecule has 13 nitrogen and oxygen atoms in total. The molecule has 0 aliphatic carbocycles. The maximum absolute atomic E-state index is 14.2. The quantitative estimate of drug-likeness (QED) is 0.225. The molecule has 2 aliphatic rings. The van der Waals surface area contributed by atoms with Gasteiger partial charge in [-0.05, 0) is 60.9 Å². The lowest BCUT2D eigenvalue weighted by atomic mass is 9.87. The van der Waals surface area contributed by atoms with Crippen molar-refractivity contribution in [2.75, 3.05) is 54.1 Å². The SMILES string of the molecule is COc1ccc(S(=O)(=O)N(C[C@@H](O)[C@H](Cc2ccccc2)NC(=O)O[C@H]2CO[C@H]3OCC[C@H]32)CC(C)(C)CCCNC(=O)N(C)C)cc1. The van der Waals surface area contributed by atoms with Crippen molar-refractivity contribution in [2.45, 2.75) is 69.0 Å². The van der Waals surface area contributed by atoms with Crippen LogP contribution in [0, 0.1) is 11.3 Å². The summed E-state index contributed by atoms with van der Waals surface area (Å²) in [5.74, 6) is 0.450. The first-order valence-electron chi connectivity index (χ1n) is 16.3. The van der Waals surface area contributed by atoms with Crippen LogP contribution in [-0.2, 0) is 30.7 Å². The summed E-state index contributed by atoms with van der Waals surface area (Å²) in [6.07, 6.45) is -0.733. The van der Waals surface area contributed by atoms with Crippen LogP contribution in [0.15, 0.2) is 59.5 Å². The standard InChI is InChI=1S/C34H50N4O9S/c1-34(2,17-9-18-35-32(40)37(3)4)23-38(48(42,43)26-14-12-25(44-5)13-15-26)21-29(39)28(20-24-10-7-6-8-11-24)36-33(41)47-30-22-46-31-27(30)16-19-45-31/h6-8,10-15,27-31,39H,9,16-23H2,1-5H3,(H,35,40)(H,36,41)/t27-,28-,29+,30-,31+/m0/s1. The molecule has 48 heavy (non-hydrogen) atoms. The molecule has 5 atom stereocenters. The Hall–Kier alpha value is -3.43. The van der Waals surface area contributed by atoms with Crippen LogP contribution in [-0.4, -0.2) is 113 Å². The minimum Gasteiger partial charge on any atom is -0.497 e. The van der Waals surface area contributed by atoms with Gasteiger partial charge in [0.05, 0.1) is 43.3 Å². The van der Waals surface area contributed by atoms with E-state index in [1.54, 1.807) is 26.2 Å². The molecule has 3 N–H and O–H groups in total. The predicted octanol–water partition coefficient (Wildman–Crippen LogP) is 3.22. The zero-order valence-electron chi connectivity index (χ0n) is 28.5. The minimum atomic E-state index is -4.11. The summed E-state index contributed by atoms with van der Waals surface area (Å²) in [6, 6.07) is 14.3. The lowest BCUT2D eigenvalue weighted by Crippen LogP contribution is -2.52. The zero-order valence-corrected chi connectivity index (χ0v) is 29.3. The average molecular weight is 691 g/mol. The van der Waals surface area contributed by atoms with Gasteiger partial charge in [0, 0.05) is 33.7 Å². The van der Waals surface area contributed by atoms with Gasteiger partial charge < -0.3 is 39.6 Å². The Balaban J connectivity index is 1.53. The van der Waals surface area contributed by atoms with E-state index in [4.69, 9.17) is 18.9 Å². The molecule has 2 aromatic rings. The van der Waals surface area contributed by atoms with Crippen molar-refractivity contribution in [3.05, 3.63) is 60.2 Å². The summed E-state index contributed by atoms with van der Waals surface area (Å²) < 4.78 is 51.7. The average Bonchev–Trinajstić information content (AvgIpc) is 3.68. The summed E-state index contributed by atoms with van der Waals surface area (Å²) in [5.41, 5.74) is 0.311. The van der Waals surface area contributed by atoms with Crippen LogP contribution in [0.4, 0.5) is 9.59 Å². The Kier molecular flexibility index (Phi) is 13.1. The van der Waals surface area contributed by atoms with E-state index in [2.05, 4.69) is 10.6 Å². The second-order valence-electron chi connectivity index (χ2n) is 13.3. The molecule has 0 aromatic heterocycles. The number of benzene rings is 2. The van der Waals surface area contributed by atoms with Gasteiger partial charge in [0.2, 0.25) is 10.0 Å². The van der Waals surface area contributed by atoms with Gasteiger partial charge in [0.25, 0.3) is 0 Å². The fourth-order valence-electron chi connectivity index (χ4n) is 5.98. The number of carbonyl (C=O) groups excluding carboxylic acids is 2. The van der Waals surface area contributed by atoms with Crippen molar-refractivity contribution in [1.29, 1.82) is 0 Å². The third-order valence-corrected chi connectivity index (χ3v) is 10.5. The van der Waals surface area contributed by atoms with Crippen LogP contribution in [0.3, 0.4) is 0 Å². The van der Waals surface area contributed by atoms with Crippen molar-refractivity contribution in [2.24, 2.45) is 11.3 Å². The van der Waals surface area contributed by atoms with E-state index in [9.17, 15) is 23.1 Å². The summed E-state index contributed by atoms with van der Waals surface area (Å²) in [7, 11) is 0.718. The zero-order chi connectivity index (χ0) is 34.9. The molecule has 3 amide bonds. The lowest BCUT2D eigenvalue weighted by molar-refractivity contribution is -0.0907. The Bertz CT molecular complexity index is 1440. The minimum absolute atomic E-state index is 0.0473. The van der Waals surface area contributed by atoms with E-state index in [0.29, 0.717) is 38.2 Å². The van der Waals surface area contributed by atoms with E-state index in [-0.39, 0.29) is 43.0 Å². The van der Waals surface area contributed by atoms with Gasteiger partial charge in [-0.2, -0.15) is 4.31 Å². The highest BCUT2D eigenvalue weighted by Crippen LogP contribution is 2.33. The van der Waals surface area contributed by atoms with Gasteiger partial charge in [-0.1, -0.05) is 44.2 Å². The highest BCUT2D eigenvalue weighted by Gasteiger charge is 2.44. The monoisotopic (exact) mass is 690 g/mol. The molecule has 2 saturated heterocycles. The van der Waals surface area contributed by atoms with Gasteiger partial charge in [-0.15, -0.1) is 0 Å². The molecule has 2 heterocycles. The maximum atomic E-state index is 14.2. The van der Waals surface area contributed by atoms with Gasteiger partial charge in [0.1, 0.15) is 11.9 Å². The lowest BCUT2D eigenvalue weighted by Gasteiger charge is -2.35. The maximum Gasteiger partial charge on any atom is 0.407 e. The molecule has 0 spiro atoms. The Labute approximate surface area is 283 Å². The van der Waals surface area contributed by atoms with E-state index in [1.807, 2.05) is 44.2 Å². The first-order valence-corrected chi connectivity index (χ1v) is 17.7. The Morgan fingerprint density at radius 3 is 2.46 bits per heavy atom. The first-order chi connectivity index (χ1) is 22.8. The smallest absolute Gasteiger partial charge is 0.407 e. The molecule has 0 unspecified atom stereocenters. The van der Waals surface area contributed by atoms with Crippen molar-refractivity contribution in [3.8, 4) is 5.75 Å². The molecule has 2 aliphatic heterocycles. The molecular formula is C34H50N4O9S. The van der Waals surface area contributed by atoms with Crippen LogP contribution in [0.5, 0.6) is 5.75 Å². The van der Waals surface area contributed by atoms with E-state index >= 15 is 0 Å². The summed E-state index contributed by atoms with van der Waals surface area (Å²) in [5, 5.41) is 17.4. The molecule has 0 bridgehead atoms. The van der Waals surface area contributed by atoms with Gasteiger partial charge in [0.15, 0.2) is 6.29 Å². The highest BCUT2D eigenvalue weighted by molar-refractivity contribution is 7.89. The normalized spacial score (nSPS) is 20.5. The summed E-state index contributed by atoms with van der Waals surface area (Å²) >= 11 is 0. The number of carbonyl (C=O) groups is 2. The fraction of sp³-hybridized carbons (Fsp3) is 0.588. The van der Waals surface area contributed by atoms with Crippen molar-refractivity contribution >= 4 is 22.1 Å². The molecule has 4 rings (SSSR count). The molecule has 0 radical (unpaired) electrons. The Morgan fingerprint density at radius 2 is 1.79 bits per heavy atom. The van der Waals surface area contributed by atoms with Crippen molar-refractivity contribution < 1.29 is 42.1 Å². The molecular weight excluding hydrogens is 640 g/mol. The number of nitrogens with zero attached hydrogens (tertiary/aromatic N) is 2. The molecule has 2 aromatic carbocycles. The van der Waals surface area contributed by atoms with Crippen LogP contribution in [0.25, 0.3) is 0 Å². The van der Waals surface area contributed by atoms with E-state index < -0.39 is 46.1 Å². The number of aliphatic hydroxyl groups excluding tert-OH is 1. The Morgan fingerprint density at radius 1 is 1.08 bits per heavy atom. The number of sulfonamides is 1. The third-order valence-electron chi connectivity index (χ3n) is 8.71. The summed E-state index contributed by atoms with van der Waals surface area (Å²) in [6.45, 7) is 4.86. The van der Waals surface area contributed by atoms with Crippen LogP contribution in [0.2, 0.25) is 0 Å². The number of amides is 3. The third kappa shape index (κ3) is 10.3. The highest BCUT2D eigenvalue weighted by atomic mass is 32.2. The van der Waals surface area contributed by atoms with Crippen LogP contribution >= 0.6 is 0 Å². The number of fused-ring (bicyclic) bond motifs is 1. The topological polar surface area (TPSA) is 156 Å². The molecule has 0 saturated carbocycles. The largest absolute Gasteiger partial charge is 0.497 e. The van der Waals surface area contributed by atoms with Crippen molar-refractivity contribution in [1.82, 2.24) is 19.8 Å². The van der Waals surface area contributed by atoms with E-state index in [1.165, 1.54) is 28.4 Å². The molecule has 14 heteroatoms. The number of hydrogen-bond acceptors (Lipinski definition) is 9. The number of nitrogens with one attached hydrogen (secondary N) is 2. The van der Waals surface area contributed by atoms with Gasteiger partial charge >= 0.3 is 12.1 Å². The molecule has 266 valence electrons. The predicted molar refractivity (Wildman–Crippen MR) is 179 cm³/mol. The fourth-order valence-corrected chi connectivity index (χ4v) is 7.63. The number of aliphatic hydroxyl groups is 1. The number of urea groups is 1. The van der Waals surface area contributed by atoms with Gasteiger partial charge in [-0.3, -0.25) is 0 Å². The number of alkyl carbamates (subject to hydrolysis) is 1. The first kappa shape index (κ1) is 37.4. The van der Waals surface area contributed by atoms with Crippen molar-refractivity contribution in [3.63, 3.8) is 0 Å². The summed E-state index contributed by atoms with van der Waals surface area (Å²) in [4.78, 5) is 26.7. The second kappa shape index (κ2) is 16.8. The number of ether oxygens (including phenoxy) is 4. The second-order valence-corrected chi connectivity index (χ2v) is 15.3.